The van der Waals surface area contributed by atoms with Gasteiger partial charge in [-0.2, -0.15) is 0 Å². The lowest BCUT2D eigenvalue weighted by atomic mass is 10.2. The molecule has 7 heteroatoms. The second-order valence-corrected chi connectivity index (χ2v) is 5.50. The standard InChI is InChI=1S/C17H26N2O4.ClH/c1-4-9-19(12-16(20)21)14(3)17(22)18-8-10-23-15-7-5-6-13(2)11-15;/h5-7,11,14H,4,8-10,12H2,1-3H3,(H,18,22)(H,20,21);1H. The van der Waals surface area contributed by atoms with Gasteiger partial charge in [-0.15, -0.1) is 12.4 Å². The molecule has 1 amide bonds. The lowest BCUT2D eigenvalue weighted by Crippen LogP contribution is -2.48. The summed E-state index contributed by atoms with van der Waals surface area (Å²) < 4.78 is 5.57. The van der Waals surface area contributed by atoms with E-state index < -0.39 is 12.0 Å². The number of carboxylic acids is 1. The maximum atomic E-state index is 12.1. The number of benzene rings is 1. The molecule has 2 N–H and O–H groups in total. The molecule has 1 aromatic carbocycles. The molecule has 1 atom stereocenters. The molecule has 1 rings (SSSR count). The molecule has 0 fully saturated rings. The number of nitrogens with one attached hydrogen (secondary N) is 1. The number of rotatable bonds is 10. The molecule has 0 saturated carbocycles. The van der Waals surface area contributed by atoms with Gasteiger partial charge in [0.15, 0.2) is 0 Å². The smallest absolute Gasteiger partial charge is 0.317 e. The highest BCUT2D eigenvalue weighted by Crippen LogP contribution is 2.11. The molecule has 0 radical (unpaired) electrons. The van der Waals surface area contributed by atoms with Crippen LogP contribution in [0.4, 0.5) is 0 Å². The number of ether oxygens (including phenoxy) is 1. The average molecular weight is 359 g/mol. The Morgan fingerprint density at radius 3 is 2.67 bits per heavy atom. The van der Waals surface area contributed by atoms with Crippen molar-refractivity contribution in [2.45, 2.75) is 33.2 Å². The van der Waals surface area contributed by atoms with Crippen molar-refractivity contribution in [2.24, 2.45) is 0 Å². The van der Waals surface area contributed by atoms with Crippen LogP contribution >= 0.6 is 12.4 Å². The molecule has 0 aliphatic heterocycles. The number of carbonyl (C=O) groups is 2. The summed E-state index contributed by atoms with van der Waals surface area (Å²) >= 11 is 0. The van der Waals surface area contributed by atoms with Crippen molar-refractivity contribution in [2.75, 3.05) is 26.2 Å². The minimum atomic E-state index is -0.930. The van der Waals surface area contributed by atoms with Crippen molar-refractivity contribution in [3.63, 3.8) is 0 Å². The second kappa shape index (κ2) is 11.7. The molecular weight excluding hydrogens is 332 g/mol. The molecule has 136 valence electrons. The summed E-state index contributed by atoms with van der Waals surface area (Å²) in [4.78, 5) is 24.6. The van der Waals surface area contributed by atoms with Gasteiger partial charge < -0.3 is 15.2 Å². The summed E-state index contributed by atoms with van der Waals surface area (Å²) in [6.07, 6.45) is 0.793. The van der Waals surface area contributed by atoms with Gasteiger partial charge in [0.25, 0.3) is 0 Å². The van der Waals surface area contributed by atoms with Crippen molar-refractivity contribution in [1.29, 1.82) is 0 Å². The summed E-state index contributed by atoms with van der Waals surface area (Å²) in [6, 6.07) is 7.22. The van der Waals surface area contributed by atoms with Gasteiger partial charge in [0, 0.05) is 0 Å². The van der Waals surface area contributed by atoms with Crippen LogP contribution in [0.5, 0.6) is 5.75 Å². The summed E-state index contributed by atoms with van der Waals surface area (Å²) in [5.74, 6) is -0.348. The number of aliphatic carboxylic acids is 1. The Morgan fingerprint density at radius 2 is 2.08 bits per heavy atom. The number of hydrogen-bond acceptors (Lipinski definition) is 4. The van der Waals surface area contributed by atoms with Gasteiger partial charge in [-0.1, -0.05) is 19.1 Å². The summed E-state index contributed by atoms with van der Waals surface area (Å²) in [7, 11) is 0. The van der Waals surface area contributed by atoms with E-state index in [1.807, 2.05) is 38.1 Å². The number of amides is 1. The Hall–Kier alpha value is -1.79. The van der Waals surface area contributed by atoms with E-state index in [4.69, 9.17) is 9.84 Å². The minimum absolute atomic E-state index is 0. The monoisotopic (exact) mass is 358 g/mol. The predicted molar refractivity (Wildman–Crippen MR) is 95.9 cm³/mol. The minimum Gasteiger partial charge on any atom is -0.492 e. The van der Waals surface area contributed by atoms with Crippen LogP contribution in [0.3, 0.4) is 0 Å². The van der Waals surface area contributed by atoms with Crippen molar-refractivity contribution < 1.29 is 19.4 Å². The fraction of sp³-hybridized carbons (Fsp3) is 0.529. The summed E-state index contributed by atoms with van der Waals surface area (Å²) in [5, 5.41) is 11.7. The zero-order chi connectivity index (χ0) is 17.2. The van der Waals surface area contributed by atoms with E-state index in [0.717, 1.165) is 17.7 Å². The van der Waals surface area contributed by atoms with Crippen LogP contribution in [0.2, 0.25) is 0 Å². The van der Waals surface area contributed by atoms with E-state index in [-0.39, 0.29) is 24.9 Å². The molecule has 24 heavy (non-hydrogen) atoms. The van der Waals surface area contributed by atoms with Crippen LogP contribution < -0.4 is 10.1 Å². The number of nitrogens with zero attached hydrogens (tertiary/aromatic N) is 1. The Morgan fingerprint density at radius 1 is 1.38 bits per heavy atom. The molecule has 0 spiro atoms. The van der Waals surface area contributed by atoms with E-state index >= 15 is 0 Å². The molecule has 0 bridgehead atoms. The maximum Gasteiger partial charge on any atom is 0.317 e. The zero-order valence-corrected chi connectivity index (χ0v) is 15.3. The quantitative estimate of drug-likeness (QED) is 0.626. The lowest BCUT2D eigenvalue weighted by Gasteiger charge is -2.26. The number of aryl methyl sites for hydroxylation is 1. The fourth-order valence-corrected chi connectivity index (χ4v) is 2.23. The number of carbonyl (C=O) groups excluding carboxylic acids is 1. The van der Waals surface area contributed by atoms with Gasteiger partial charge in [-0.25, -0.2) is 0 Å². The van der Waals surface area contributed by atoms with E-state index in [1.165, 1.54) is 0 Å². The summed E-state index contributed by atoms with van der Waals surface area (Å²) in [6.45, 7) is 6.84. The van der Waals surface area contributed by atoms with E-state index in [9.17, 15) is 9.59 Å². The van der Waals surface area contributed by atoms with Crippen molar-refractivity contribution >= 4 is 24.3 Å². The number of hydrogen-bond donors (Lipinski definition) is 2. The van der Waals surface area contributed by atoms with Gasteiger partial charge in [0.05, 0.1) is 19.1 Å². The first-order valence-electron chi connectivity index (χ1n) is 7.87. The van der Waals surface area contributed by atoms with Crippen LogP contribution in [-0.2, 0) is 9.59 Å². The van der Waals surface area contributed by atoms with Gasteiger partial charge in [0.2, 0.25) is 5.91 Å². The largest absolute Gasteiger partial charge is 0.492 e. The van der Waals surface area contributed by atoms with Gasteiger partial charge >= 0.3 is 5.97 Å². The molecule has 0 heterocycles. The first-order chi connectivity index (χ1) is 10.9. The van der Waals surface area contributed by atoms with Crippen LogP contribution in [0.15, 0.2) is 24.3 Å². The van der Waals surface area contributed by atoms with Crippen molar-refractivity contribution in [3.05, 3.63) is 29.8 Å². The highest BCUT2D eigenvalue weighted by atomic mass is 35.5. The Labute approximate surface area is 149 Å². The second-order valence-electron chi connectivity index (χ2n) is 5.50. The Bertz CT molecular complexity index is 525. The van der Waals surface area contributed by atoms with Crippen LogP contribution in [0.25, 0.3) is 0 Å². The third-order valence-electron chi connectivity index (χ3n) is 3.44. The predicted octanol–water partition coefficient (Wildman–Crippen LogP) is 2.10. The SMILES string of the molecule is CCCN(CC(=O)O)C(C)C(=O)NCCOc1cccc(C)c1.Cl. The van der Waals surface area contributed by atoms with E-state index in [2.05, 4.69) is 5.32 Å². The fourth-order valence-electron chi connectivity index (χ4n) is 2.23. The molecular formula is C17H27ClN2O4. The highest BCUT2D eigenvalue weighted by Gasteiger charge is 2.22. The lowest BCUT2D eigenvalue weighted by molar-refractivity contribution is -0.139. The molecule has 6 nitrogen and oxygen atoms in total. The average Bonchev–Trinajstić information content (AvgIpc) is 2.50. The van der Waals surface area contributed by atoms with Crippen molar-refractivity contribution in [1.82, 2.24) is 10.2 Å². The molecule has 1 aromatic rings. The molecule has 0 aliphatic rings. The number of halogens is 1. The molecule has 0 aliphatic carbocycles. The number of carboxylic acid groups (broad SMARTS) is 1. The molecule has 0 aromatic heterocycles. The van der Waals surface area contributed by atoms with E-state index in [1.54, 1.807) is 11.8 Å². The molecule has 0 saturated heterocycles. The van der Waals surface area contributed by atoms with Gasteiger partial charge in [-0.3, -0.25) is 14.5 Å². The zero-order valence-electron chi connectivity index (χ0n) is 14.4. The highest BCUT2D eigenvalue weighted by molar-refractivity contribution is 5.85. The Balaban J connectivity index is 0.00000529. The maximum absolute atomic E-state index is 12.1. The Kier molecular flexibility index (Phi) is 10.8. The first-order valence-corrected chi connectivity index (χ1v) is 7.87. The van der Waals surface area contributed by atoms with Crippen LogP contribution in [0, 0.1) is 6.92 Å². The third-order valence-corrected chi connectivity index (χ3v) is 3.44. The summed E-state index contributed by atoms with van der Waals surface area (Å²) in [5.41, 5.74) is 1.11. The third kappa shape index (κ3) is 8.17. The van der Waals surface area contributed by atoms with Gasteiger partial charge in [0.1, 0.15) is 12.4 Å². The topological polar surface area (TPSA) is 78.9 Å². The normalized spacial score (nSPS) is 11.5. The van der Waals surface area contributed by atoms with Crippen LogP contribution in [0.1, 0.15) is 25.8 Å². The molecule has 1 unspecified atom stereocenters. The van der Waals surface area contributed by atoms with Gasteiger partial charge in [-0.05, 0) is 44.5 Å². The van der Waals surface area contributed by atoms with E-state index in [0.29, 0.717) is 19.7 Å². The van der Waals surface area contributed by atoms with Crippen LogP contribution in [-0.4, -0.2) is 54.2 Å². The first kappa shape index (κ1) is 22.2. The van der Waals surface area contributed by atoms with Crippen molar-refractivity contribution in [3.8, 4) is 5.75 Å².